The molecule has 2 aliphatic rings. The number of Topliss-reactive ketones (excluding diaryl/α,β-unsaturated/α-hetero) is 1. The molecule has 8 nitrogen and oxygen atoms in total. The molecule has 2 aromatic carbocycles. The summed E-state index contributed by atoms with van der Waals surface area (Å²) in [6.07, 6.45) is 1.33. The number of amides is 3. The van der Waals surface area contributed by atoms with Crippen molar-refractivity contribution in [2.75, 3.05) is 25.0 Å². The van der Waals surface area contributed by atoms with Gasteiger partial charge < -0.3 is 20.9 Å². The number of nitrogens with two attached hydrogens (primary N) is 1. The van der Waals surface area contributed by atoms with Crippen molar-refractivity contribution in [1.29, 1.82) is 0 Å². The van der Waals surface area contributed by atoms with Gasteiger partial charge in [-0.05, 0) is 54.5 Å². The predicted molar refractivity (Wildman–Crippen MR) is 165 cm³/mol. The van der Waals surface area contributed by atoms with Crippen molar-refractivity contribution in [1.82, 2.24) is 9.80 Å². The molecule has 2 aromatic rings. The molecule has 0 spiro atoms. The zero-order valence-corrected chi connectivity index (χ0v) is 26.1. The molecular formula is C32H39Cl2FN4O4. The van der Waals surface area contributed by atoms with E-state index in [0.717, 1.165) is 17.5 Å². The fraction of sp³-hybridized carbons (Fsp3) is 0.500. The Morgan fingerprint density at radius 1 is 1.05 bits per heavy atom. The number of hydrogen-bond acceptors (Lipinski definition) is 5. The summed E-state index contributed by atoms with van der Waals surface area (Å²) < 4.78 is 14.6. The summed E-state index contributed by atoms with van der Waals surface area (Å²) in [4.78, 5) is 56.8. The monoisotopic (exact) mass is 632 g/mol. The van der Waals surface area contributed by atoms with E-state index in [0.29, 0.717) is 31.3 Å². The number of nitrogens with one attached hydrogen (secondary N) is 1. The molecule has 1 saturated heterocycles. The second kappa shape index (κ2) is 14.6. The van der Waals surface area contributed by atoms with Crippen molar-refractivity contribution in [3.05, 3.63) is 63.4 Å². The van der Waals surface area contributed by atoms with Crippen molar-refractivity contribution in [2.45, 2.75) is 65.0 Å². The van der Waals surface area contributed by atoms with Crippen LogP contribution >= 0.6 is 23.2 Å². The van der Waals surface area contributed by atoms with Crippen LogP contribution in [0.1, 0.15) is 57.1 Å². The molecule has 0 aliphatic carbocycles. The van der Waals surface area contributed by atoms with Crippen molar-refractivity contribution in [3.8, 4) is 0 Å². The minimum atomic E-state index is -0.871. The van der Waals surface area contributed by atoms with Gasteiger partial charge in [-0.2, -0.15) is 0 Å². The number of carbonyl (C=O) groups is 4. The summed E-state index contributed by atoms with van der Waals surface area (Å²) in [6, 6.07) is 9.48. The number of ketones is 1. The minimum Gasteiger partial charge on any atom is -0.342 e. The highest BCUT2D eigenvalue weighted by molar-refractivity contribution is 6.42. The summed E-state index contributed by atoms with van der Waals surface area (Å²) in [5, 5.41) is 2.20. The van der Waals surface area contributed by atoms with Crippen LogP contribution in [0.5, 0.6) is 0 Å². The van der Waals surface area contributed by atoms with Gasteiger partial charge >= 0.3 is 0 Å². The van der Waals surface area contributed by atoms with Crippen LogP contribution in [0.2, 0.25) is 10.0 Å². The highest BCUT2D eigenvalue weighted by Crippen LogP contribution is 2.31. The highest BCUT2D eigenvalue weighted by atomic mass is 35.5. The maximum atomic E-state index is 14.6. The van der Waals surface area contributed by atoms with Gasteiger partial charge in [-0.1, -0.05) is 61.3 Å². The van der Waals surface area contributed by atoms with Crippen LogP contribution < -0.4 is 11.1 Å². The number of halogens is 3. The molecule has 0 saturated carbocycles. The van der Waals surface area contributed by atoms with Crippen LogP contribution in [0.3, 0.4) is 0 Å². The lowest BCUT2D eigenvalue weighted by Crippen LogP contribution is -2.49. The van der Waals surface area contributed by atoms with Gasteiger partial charge in [0.15, 0.2) is 11.6 Å². The van der Waals surface area contributed by atoms with E-state index in [1.54, 1.807) is 0 Å². The first kappa shape index (κ1) is 32.9. The van der Waals surface area contributed by atoms with E-state index in [2.05, 4.69) is 19.2 Å². The lowest BCUT2D eigenvalue weighted by atomic mass is 9.87. The summed E-state index contributed by atoms with van der Waals surface area (Å²) in [5.41, 5.74) is 7.51. The third-order valence-corrected chi connectivity index (χ3v) is 9.42. The maximum Gasteiger partial charge on any atom is 0.228 e. The average molecular weight is 634 g/mol. The Morgan fingerprint density at radius 2 is 1.74 bits per heavy atom. The van der Waals surface area contributed by atoms with E-state index < -0.39 is 23.7 Å². The Bertz CT molecular complexity index is 1370. The van der Waals surface area contributed by atoms with Gasteiger partial charge in [0.2, 0.25) is 17.7 Å². The molecule has 11 heteroatoms. The molecular weight excluding hydrogens is 594 g/mol. The molecule has 1 unspecified atom stereocenters. The third-order valence-electron chi connectivity index (χ3n) is 8.64. The average Bonchev–Trinajstić information content (AvgIpc) is 3.50. The lowest BCUT2D eigenvalue weighted by Gasteiger charge is -2.37. The van der Waals surface area contributed by atoms with E-state index in [9.17, 15) is 23.6 Å². The Morgan fingerprint density at radius 3 is 2.42 bits per heavy atom. The number of carbonyl (C=O) groups excluding carboxylic acids is 4. The zero-order valence-electron chi connectivity index (χ0n) is 24.6. The van der Waals surface area contributed by atoms with Gasteiger partial charge in [0, 0.05) is 51.2 Å². The van der Waals surface area contributed by atoms with Crippen LogP contribution in [0.15, 0.2) is 36.4 Å². The van der Waals surface area contributed by atoms with Gasteiger partial charge in [0.25, 0.3) is 0 Å². The number of nitrogens with zero attached hydrogens (tertiary/aromatic N) is 2. The highest BCUT2D eigenvalue weighted by Gasteiger charge is 2.37. The van der Waals surface area contributed by atoms with E-state index in [4.69, 9.17) is 28.9 Å². The molecule has 2 aliphatic heterocycles. The predicted octanol–water partition coefficient (Wildman–Crippen LogP) is 5.23. The fourth-order valence-corrected chi connectivity index (χ4v) is 6.22. The molecule has 43 heavy (non-hydrogen) atoms. The summed E-state index contributed by atoms with van der Waals surface area (Å²) in [6.45, 7) is 6.08. The van der Waals surface area contributed by atoms with Gasteiger partial charge in [0.1, 0.15) is 0 Å². The first-order valence-electron chi connectivity index (χ1n) is 14.8. The van der Waals surface area contributed by atoms with Crippen molar-refractivity contribution >= 4 is 52.4 Å². The number of likely N-dealkylation sites (tertiary alicyclic amines) is 1. The molecule has 0 aromatic heterocycles. The van der Waals surface area contributed by atoms with Crippen LogP contribution in [-0.2, 0) is 32.1 Å². The molecule has 0 radical (unpaired) electrons. The number of fused-ring (bicyclic) bond motifs is 1. The van der Waals surface area contributed by atoms with Crippen LogP contribution in [0, 0.1) is 23.6 Å². The van der Waals surface area contributed by atoms with E-state index >= 15 is 0 Å². The summed E-state index contributed by atoms with van der Waals surface area (Å²) in [7, 11) is 0. The topological polar surface area (TPSA) is 113 Å². The summed E-state index contributed by atoms with van der Waals surface area (Å²) >= 11 is 11.7. The SMILES string of the molecule is CC(C)C1CCN(C(=O)CCC(=O)N2Cc3ccccc3C[C@H]2C(=O)C[C@@H](CCN)C(=O)Nc2ccc(Cl)c(Cl)c2F)C1. The number of rotatable bonds is 11. The van der Waals surface area contributed by atoms with Gasteiger partial charge in [-0.3, -0.25) is 19.2 Å². The fourth-order valence-electron chi connectivity index (χ4n) is 5.91. The van der Waals surface area contributed by atoms with Crippen molar-refractivity contribution in [2.24, 2.45) is 23.5 Å². The Hall–Kier alpha value is -3.01. The summed E-state index contributed by atoms with van der Waals surface area (Å²) in [5.74, 6) is -1.97. The Labute approximate surface area is 262 Å². The van der Waals surface area contributed by atoms with Crippen LogP contribution in [0.25, 0.3) is 0 Å². The normalized spacial score (nSPS) is 18.9. The number of benzene rings is 2. The van der Waals surface area contributed by atoms with Gasteiger partial charge in [-0.25, -0.2) is 4.39 Å². The van der Waals surface area contributed by atoms with Gasteiger partial charge in [0.05, 0.1) is 21.8 Å². The second-order valence-corrected chi connectivity index (χ2v) is 12.6. The molecule has 3 atom stereocenters. The third kappa shape index (κ3) is 7.94. The Balaban J connectivity index is 1.46. The molecule has 3 amide bonds. The zero-order chi connectivity index (χ0) is 31.3. The van der Waals surface area contributed by atoms with Crippen molar-refractivity contribution < 1.29 is 23.6 Å². The van der Waals surface area contributed by atoms with Gasteiger partial charge in [-0.15, -0.1) is 0 Å². The molecule has 3 N–H and O–H groups in total. The van der Waals surface area contributed by atoms with E-state index in [-0.39, 0.29) is 72.1 Å². The van der Waals surface area contributed by atoms with Crippen LogP contribution in [0.4, 0.5) is 10.1 Å². The molecule has 0 bridgehead atoms. The minimum absolute atomic E-state index is 0.00303. The number of hydrogen-bond donors (Lipinski definition) is 2. The molecule has 4 rings (SSSR count). The number of anilines is 1. The van der Waals surface area contributed by atoms with E-state index in [1.165, 1.54) is 17.0 Å². The Kier molecular flexibility index (Phi) is 11.2. The maximum absolute atomic E-state index is 14.6. The first-order valence-corrected chi connectivity index (χ1v) is 15.6. The van der Waals surface area contributed by atoms with Crippen molar-refractivity contribution in [3.63, 3.8) is 0 Å². The molecule has 2 heterocycles. The standard InChI is InChI=1S/C32H39Cl2FN4O4/c1-19(2)22-12-14-38(17-22)28(41)9-10-29(42)39-18-23-6-4-3-5-20(23)15-26(39)27(40)16-21(11-13-36)32(43)37-25-8-7-24(33)30(34)31(25)35/h3-8,19,21-22,26H,9-18,36H2,1-2H3,(H,37,43)/t21-,22?,26+/m1/s1. The first-order chi connectivity index (χ1) is 20.5. The quantitative estimate of drug-likeness (QED) is 0.329. The largest absolute Gasteiger partial charge is 0.342 e. The lowest BCUT2D eigenvalue weighted by molar-refractivity contribution is -0.143. The second-order valence-electron chi connectivity index (χ2n) is 11.8. The van der Waals surface area contributed by atoms with Crippen LogP contribution in [-0.4, -0.2) is 59.0 Å². The van der Waals surface area contributed by atoms with E-state index in [1.807, 2.05) is 29.2 Å². The molecule has 1 fully saturated rings. The smallest absolute Gasteiger partial charge is 0.228 e. The molecule has 232 valence electrons.